The van der Waals surface area contributed by atoms with Crippen LogP contribution in [0, 0.1) is 0 Å². The maximum absolute atomic E-state index is 2.62. The summed E-state index contributed by atoms with van der Waals surface area (Å²) in [5, 5.41) is 0. The highest BCUT2D eigenvalue weighted by Crippen LogP contribution is 2.16. The van der Waals surface area contributed by atoms with Crippen molar-refractivity contribution in [3.05, 3.63) is 18.2 Å². The average Bonchev–Trinajstić information content (AvgIpc) is 3.44. The molecule has 1 aromatic heterocycles. The zero-order chi connectivity index (χ0) is 32.3. The van der Waals surface area contributed by atoms with E-state index in [1.54, 1.807) is 5.82 Å². The Morgan fingerprint density at radius 1 is 0.378 bits per heavy atom. The monoisotopic (exact) mass is 630 g/mol. The van der Waals surface area contributed by atoms with E-state index in [9.17, 15) is 0 Å². The molecule has 0 aliphatic rings. The van der Waals surface area contributed by atoms with Gasteiger partial charge in [-0.05, 0) is 25.7 Å². The first-order valence-electron chi connectivity index (χ1n) is 21.4. The molecule has 266 valence electrons. The molecule has 2 nitrogen and oxygen atoms in total. The van der Waals surface area contributed by atoms with E-state index in [0.29, 0.717) is 0 Å². The van der Waals surface area contributed by atoms with Crippen LogP contribution in [-0.4, -0.2) is 4.57 Å². The number of aryl methyl sites for hydroxylation is 2. The van der Waals surface area contributed by atoms with Crippen molar-refractivity contribution in [2.45, 2.75) is 259 Å². The number of imidazole rings is 1. The number of unbranched alkanes of at least 4 members (excludes halogenated alkanes) is 31. The van der Waals surface area contributed by atoms with E-state index in [2.05, 4.69) is 42.3 Å². The van der Waals surface area contributed by atoms with Gasteiger partial charge in [0.15, 0.2) is 0 Å². The van der Waals surface area contributed by atoms with Crippen LogP contribution in [-0.2, 0) is 19.5 Å². The fourth-order valence-electron chi connectivity index (χ4n) is 7.18. The number of rotatable bonds is 37. The largest absolute Gasteiger partial charge is 0.256 e. The molecule has 0 aromatic carbocycles. The second kappa shape index (κ2) is 34.5. The lowest BCUT2D eigenvalue weighted by Crippen LogP contribution is -2.37. The molecule has 0 radical (unpaired) electrons. The van der Waals surface area contributed by atoms with Crippen molar-refractivity contribution in [2.24, 2.45) is 0 Å². The summed E-state index contributed by atoms with van der Waals surface area (Å²) in [6, 6.07) is 0. The van der Waals surface area contributed by atoms with Gasteiger partial charge in [0, 0.05) is 6.42 Å². The predicted octanol–water partition coefficient (Wildman–Crippen LogP) is 14.6. The van der Waals surface area contributed by atoms with Gasteiger partial charge in [0.25, 0.3) is 5.82 Å². The first kappa shape index (κ1) is 42.2. The smallest absolute Gasteiger partial charge is 0.234 e. The fourth-order valence-corrected chi connectivity index (χ4v) is 7.18. The van der Waals surface area contributed by atoms with Crippen LogP contribution in [0.3, 0.4) is 0 Å². The van der Waals surface area contributed by atoms with Crippen molar-refractivity contribution < 1.29 is 4.57 Å². The van der Waals surface area contributed by atoms with E-state index in [1.165, 1.54) is 238 Å². The Bertz CT molecular complexity index is 692. The van der Waals surface area contributed by atoms with Crippen molar-refractivity contribution in [1.82, 2.24) is 4.57 Å². The summed E-state index contributed by atoms with van der Waals surface area (Å²) >= 11 is 0. The van der Waals surface area contributed by atoms with Crippen LogP contribution in [0.5, 0.6) is 0 Å². The number of hydrogen-bond donors (Lipinski definition) is 0. The highest BCUT2D eigenvalue weighted by atomic mass is 15.1. The summed E-state index contributed by atoms with van der Waals surface area (Å²) in [5.74, 6) is 1.61. The van der Waals surface area contributed by atoms with Crippen molar-refractivity contribution >= 4 is 0 Å². The van der Waals surface area contributed by atoms with E-state index in [1.807, 2.05) is 0 Å². The Balaban J connectivity index is 2.04. The van der Waals surface area contributed by atoms with Gasteiger partial charge in [-0.3, -0.25) is 0 Å². The van der Waals surface area contributed by atoms with Crippen molar-refractivity contribution in [1.29, 1.82) is 0 Å². The summed E-state index contributed by atoms with van der Waals surface area (Å²) in [7, 11) is 0. The first-order valence-corrected chi connectivity index (χ1v) is 21.4. The van der Waals surface area contributed by atoms with Gasteiger partial charge >= 0.3 is 0 Å². The van der Waals surface area contributed by atoms with E-state index < -0.39 is 0 Å². The van der Waals surface area contributed by atoms with Crippen LogP contribution in [0.1, 0.15) is 245 Å². The SMILES string of the molecule is CCCCCCCCCCCCCCCCCCc1n(CCCC)cc[n+]1CCCCCCCCCCCCCCCCCC. The maximum Gasteiger partial charge on any atom is 0.256 e. The molecule has 0 saturated carbocycles. The fraction of sp³-hybridized carbons (Fsp3) is 0.930. The molecule has 1 aromatic rings. The number of aromatic nitrogens is 2. The lowest BCUT2D eigenvalue weighted by atomic mass is 10.0. The van der Waals surface area contributed by atoms with Crippen LogP contribution < -0.4 is 4.57 Å². The van der Waals surface area contributed by atoms with E-state index in [4.69, 9.17) is 0 Å². The summed E-state index contributed by atoms with van der Waals surface area (Å²) < 4.78 is 5.20. The standard InChI is InChI=1S/C43H85N2/c1-4-7-10-12-14-16-18-20-22-24-26-28-30-32-34-36-38-43-44(39-9-6-3)41-42-45(43)40-37-35-33-31-29-27-25-23-21-19-17-15-13-11-8-5-2/h41-42H,4-40H2,1-3H3/q+1. The van der Waals surface area contributed by atoms with E-state index in [-0.39, 0.29) is 0 Å². The number of nitrogens with zero attached hydrogens (tertiary/aromatic N) is 2. The van der Waals surface area contributed by atoms with Crippen molar-refractivity contribution in [2.75, 3.05) is 0 Å². The highest BCUT2D eigenvalue weighted by molar-refractivity contribution is 4.84. The Hall–Kier alpha value is -0.790. The van der Waals surface area contributed by atoms with Crippen molar-refractivity contribution in [3.8, 4) is 0 Å². The van der Waals surface area contributed by atoms with Gasteiger partial charge in [-0.15, -0.1) is 0 Å². The molecule has 2 heteroatoms. The third-order valence-electron chi connectivity index (χ3n) is 10.3. The topological polar surface area (TPSA) is 8.81 Å². The third-order valence-corrected chi connectivity index (χ3v) is 10.3. The second-order valence-electron chi connectivity index (χ2n) is 14.8. The van der Waals surface area contributed by atoms with Crippen LogP contribution in [0.15, 0.2) is 12.4 Å². The minimum absolute atomic E-state index is 1.21. The van der Waals surface area contributed by atoms with Gasteiger partial charge in [0.2, 0.25) is 0 Å². The van der Waals surface area contributed by atoms with Crippen LogP contribution in [0.4, 0.5) is 0 Å². The Kier molecular flexibility index (Phi) is 32.4. The summed E-state index contributed by atoms with van der Waals surface area (Å²) in [5.41, 5.74) is 0. The van der Waals surface area contributed by atoms with Crippen LogP contribution in [0.25, 0.3) is 0 Å². The molecule has 0 amide bonds. The van der Waals surface area contributed by atoms with Crippen LogP contribution >= 0.6 is 0 Å². The maximum atomic E-state index is 2.62. The molecule has 0 bridgehead atoms. The molecule has 0 spiro atoms. The first-order chi connectivity index (χ1) is 22.3. The van der Waals surface area contributed by atoms with Gasteiger partial charge < -0.3 is 0 Å². The van der Waals surface area contributed by atoms with Gasteiger partial charge in [0.1, 0.15) is 12.4 Å². The predicted molar refractivity (Wildman–Crippen MR) is 202 cm³/mol. The summed E-state index contributed by atoms with van der Waals surface area (Å²) in [6.45, 7) is 9.38. The Morgan fingerprint density at radius 2 is 0.689 bits per heavy atom. The minimum Gasteiger partial charge on any atom is -0.234 e. The average molecular weight is 630 g/mol. The van der Waals surface area contributed by atoms with E-state index in [0.717, 1.165) is 0 Å². The molecule has 0 fully saturated rings. The highest BCUT2D eigenvalue weighted by Gasteiger charge is 2.16. The van der Waals surface area contributed by atoms with E-state index >= 15 is 0 Å². The van der Waals surface area contributed by atoms with Gasteiger partial charge in [-0.2, -0.15) is 0 Å². The Morgan fingerprint density at radius 3 is 1.04 bits per heavy atom. The van der Waals surface area contributed by atoms with Crippen molar-refractivity contribution in [3.63, 3.8) is 0 Å². The molecule has 0 aliphatic heterocycles. The zero-order valence-corrected chi connectivity index (χ0v) is 31.7. The van der Waals surface area contributed by atoms with Gasteiger partial charge in [-0.1, -0.05) is 213 Å². The molecule has 45 heavy (non-hydrogen) atoms. The number of hydrogen-bond acceptors (Lipinski definition) is 0. The summed E-state index contributed by atoms with van der Waals surface area (Å²) in [4.78, 5) is 0. The molecular weight excluding hydrogens is 544 g/mol. The molecule has 1 rings (SSSR count). The molecule has 0 unspecified atom stereocenters. The quantitative estimate of drug-likeness (QED) is 0.0511. The van der Waals surface area contributed by atoms with Crippen LogP contribution in [0.2, 0.25) is 0 Å². The van der Waals surface area contributed by atoms with Gasteiger partial charge in [-0.25, -0.2) is 9.13 Å². The minimum atomic E-state index is 1.21. The second-order valence-corrected chi connectivity index (χ2v) is 14.8. The molecule has 0 N–H and O–H groups in total. The molecule has 0 atom stereocenters. The Labute approximate surface area is 285 Å². The third kappa shape index (κ3) is 26.9. The normalized spacial score (nSPS) is 11.6. The molecule has 1 heterocycles. The molecular formula is C43H85N2+. The zero-order valence-electron chi connectivity index (χ0n) is 31.7. The molecule has 0 saturated heterocycles. The molecule has 0 aliphatic carbocycles. The van der Waals surface area contributed by atoms with Gasteiger partial charge in [0.05, 0.1) is 13.1 Å². The summed E-state index contributed by atoms with van der Waals surface area (Å²) in [6.07, 6.45) is 55.0. The lowest BCUT2D eigenvalue weighted by Gasteiger charge is -2.07. The lowest BCUT2D eigenvalue weighted by molar-refractivity contribution is -0.704.